The molecule has 0 atom stereocenters. The Balaban J connectivity index is 2.05. The van der Waals surface area contributed by atoms with Crippen molar-refractivity contribution in [2.75, 3.05) is 0 Å². The summed E-state index contributed by atoms with van der Waals surface area (Å²) in [5, 5.41) is 3.76. The highest BCUT2D eigenvalue weighted by Crippen LogP contribution is 2.49. The van der Waals surface area contributed by atoms with Gasteiger partial charge in [-0.3, -0.25) is 9.97 Å². The highest BCUT2D eigenvalue weighted by atomic mass is 14.7. The summed E-state index contributed by atoms with van der Waals surface area (Å²) in [6.07, 6.45) is 3.90. The molecular weight excluding hydrogens is 292 g/mol. The van der Waals surface area contributed by atoms with Gasteiger partial charge >= 0.3 is 0 Å². The smallest absolute Gasteiger partial charge is 0.0756 e. The average Bonchev–Trinajstić information content (AvgIpc) is 2.58. The molecule has 24 heavy (non-hydrogen) atoms. The van der Waals surface area contributed by atoms with E-state index in [1.165, 1.54) is 38.4 Å². The summed E-state index contributed by atoms with van der Waals surface area (Å²) in [5.74, 6) is 0. The first-order valence-electron chi connectivity index (χ1n) is 8.36. The maximum atomic E-state index is 4.87. The standard InChI is InChI=1S/C22H18N2/c1-13-7-8-14-12-24-21-15-9-10-23-18-6-4-5-17(19(15)18)22(2,3)20(21)16(14)11-13/h4-12H,1-3H3. The van der Waals surface area contributed by atoms with Gasteiger partial charge in [0.2, 0.25) is 0 Å². The first-order chi connectivity index (χ1) is 11.6. The molecule has 2 heteroatoms. The molecule has 0 unspecified atom stereocenters. The van der Waals surface area contributed by atoms with Crippen LogP contribution in [0.25, 0.3) is 32.9 Å². The summed E-state index contributed by atoms with van der Waals surface area (Å²) in [4.78, 5) is 9.44. The van der Waals surface area contributed by atoms with Gasteiger partial charge in [-0.2, -0.15) is 0 Å². The Hall–Kier alpha value is -2.74. The van der Waals surface area contributed by atoms with Gasteiger partial charge in [-0.15, -0.1) is 0 Å². The lowest BCUT2D eigenvalue weighted by Crippen LogP contribution is -2.25. The molecule has 4 aromatic rings. The molecule has 0 aliphatic heterocycles. The van der Waals surface area contributed by atoms with Crippen molar-refractivity contribution in [3.63, 3.8) is 0 Å². The van der Waals surface area contributed by atoms with Crippen LogP contribution in [0.15, 0.2) is 54.9 Å². The quantitative estimate of drug-likeness (QED) is 0.435. The number of benzene rings is 2. The van der Waals surface area contributed by atoms with Crippen LogP contribution in [0.1, 0.15) is 30.5 Å². The third-order valence-electron chi connectivity index (χ3n) is 5.37. The molecule has 5 rings (SSSR count). The first kappa shape index (κ1) is 13.7. The number of aryl methyl sites for hydroxylation is 1. The molecular formula is C22H18N2. The molecule has 0 bridgehead atoms. The third kappa shape index (κ3) is 1.60. The van der Waals surface area contributed by atoms with Crippen LogP contribution in [0, 0.1) is 6.92 Å². The van der Waals surface area contributed by atoms with Crippen molar-refractivity contribution in [1.29, 1.82) is 0 Å². The highest BCUT2D eigenvalue weighted by molar-refractivity contribution is 6.04. The van der Waals surface area contributed by atoms with Gasteiger partial charge in [0.15, 0.2) is 0 Å². The molecule has 0 saturated heterocycles. The molecule has 1 aliphatic rings. The van der Waals surface area contributed by atoms with Crippen LogP contribution in [0.5, 0.6) is 0 Å². The van der Waals surface area contributed by atoms with Crippen LogP contribution in [-0.2, 0) is 5.41 Å². The van der Waals surface area contributed by atoms with Crippen LogP contribution in [-0.4, -0.2) is 9.97 Å². The number of pyridine rings is 2. The van der Waals surface area contributed by atoms with Gasteiger partial charge in [-0.05, 0) is 35.6 Å². The van der Waals surface area contributed by atoms with E-state index in [0.29, 0.717) is 0 Å². The number of nitrogens with zero attached hydrogens (tertiary/aromatic N) is 2. The van der Waals surface area contributed by atoms with Crippen molar-refractivity contribution in [3.8, 4) is 11.3 Å². The zero-order valence-corrected chi connectivity index (χ0v) is 14.1. The van der Waals surface area contributed by atoms with Crippen molar-refractivity contribution in [2.24, 2.45) is 0 Å². The predicted octanol–water partition coefficient (Wildman–Crippen LogP) is 5.40. The Morgan fingerprint density at radius 1 is 0.958 bits per heavy atom. The van der Waals surface area contributed by atoms with E-state index >= 15 is 0 Å². The van der Waals surface area contributed by atoms with E-state index < -0.39 is 0 Å². The molecule has 2 heterocycles. The minimum Gasteiger partial charge on any atom is -0.256 e. The zero-order chi connectivity index (χ0) is 16.5. The number of aromatic nitrogens is 2. The molecule has 2 aromatic carbocycles. The molecule has 0 N–H and O–H groups in total. The number of rotatable bonds is 0. The van der Waals surface area contributed by atoms with E-state index in [4.69, 9.17) is 4.98 Å². The average molecular weight is 310 g/mol. The van der Waals surface area contributed by atoms with Crippen molar-refractivity contribution in [2.45, 2.75) is 26.2 Å². The molecule has 116 valence electrons. The topological polar surface area (TPSA) is 25.8 Å². The van der Waals surface area contributed by atoms with Crippen LogP contribution in [0.3, 0.4) is 0 Å². The second-order valence-electron chi connectivity index (χ2n) is 7.26. The molecule has 2 nitrogen and oxygen atoms in total. The van der Waals surface area contributed by atoms with E-state index in [-0.39, 0.29) is 5.41 Å². The minimum atomic E-state index is -0.106. The Bertz CT molecular complexity index is 1130. The first-order valence-corrected chi connectivity index (χ1v) is 8.36. The Morgan fingerprint density at radius 2 is 1.83 bits per heavy atom. The Labute approximate surface area is 141 Å². The lowest BCUT2D eigenvalue weighted by molar-refractivity contribution is 0.648. The fourth-order valence-corrected chi connectivity index (χ4v) is 4.22. The van der Waals surface area contributed by atoms with Crippen LogP contribution < -0.4 is 0 Å². The highest BCUT2D eigenvalue weighted by Gasteiger charge is 2.35. The largest absolute Gasteiger partial charge is 0.256 e. The zero-order valence-electron chi connectivity index (χ0n) is 14.1. The summed E-state index contributed by atoms with van der Waals surface area (Å²) in [7, 11) is 0. The Morgan fingerprint density at radius 3 is 2.71 bits per heavy atom. The van der Waals surface area contributed by atoms with E-state index in [9.17, 15) is 0 Å². The van der Waals surface area contributed by atoms with Gasteiger partial charge in [-0.25, -0.2) is 0 Å². The van der Waals surface area contributed by atoms with Crippen molar-refractivity contribution in [3.05, 3.63) is 71.5 Å². The maximum Gasteiger partial charge on any atom is 0.0756 e. The maximum absolute atomic E-state index is 4.87. The molecule has 0 saturated carbocycles. The summed E-state index contributed by atoms with van der Waals surface area (Å²) in [6, 6.07) is 15.2. The predicted molar refractivity (Wildman–Crippen MR) is 99.3 cm³/mol. The molecule has 0 fully saturated rings. The molecule has 0 radical (unpaired) electrons. The Kier molecular flexibility index (Phi) is 2.52. The van der Waals surface area contributed by atoms with E-state index in [2.05, 4.69) is 68.2 Å². The van der Waals surface area contributed by atoms with Gasteiger partial charge in [0.05, 0.1) is 11.2 Å². The normalized spacial score (nSPS) is 14.8. The van der Waals surface area contributed by atoms with Gasteiger partial charge in [0.25, 0.3) is 0 Å². The summed E-state index contributed by atoms with van der Waals surface area (Å²) in [5.41, 5.74) is 7.20. The monoisotopic (exact) mass is 310 g/mol. The SMILES string of the molecule is Cc1ccc2cnc3c(c2c1)C(C)(C)c1cccc2nccc-3c12. The lowest BCUT2D eigenvalue weighted by atomic mass is 9.69. The molecule has 0 amide bonds. The van der Waals surface area contributed by atoms with Gasteiger partial charge < -0.3 is 0 Å². The number of hydrogen-bond donors (Lipinski definition) is 0. The van der Waals surface area contributed by atoms with Crippen molar-refractivity contribution in [1.82, 2.24) is 9.97 Å². The summed E-state index contributed by atoms with van der Waals surface area (Å²) < 4.78 is 0. The third-order valence-corrected chi connectivity index (χ3v) is 5.37. The van der Waals surface area contributed by atoms with Crippen LogP contribution in [0.2, 0.25) is 0 Å². The number of fused-ring (bicyclic) bond motifs is 4. The molecule has 0 spiro atoms. The fourth-order valence-electron chi connectivity index (χ4n) is 4.22. The van der Waals surface area contributed by atoms with E-state index in [1.54, 1.807) is 0 Å². The van der Waals surface area contributed by atoms with Crippen LogP contribution >= 0.6 is 0 Å². The minimum absolute atomic E-state index is 0.106. The fraction of sp³-hybridized carbons (Fsp3) is 0.182. The number of hydrogen-bond acceptors (Lipinski definition) is 2. The van der Waals surface area contributed by atoms with Crippen LogP contribution in [0.4, 0.5) is 0 Å². The van der Waals surface area contributed by atoms with Crippen molar-refractivity contribution >= 4 is 21.7 Å². The van der Waals surface area contributed by atoms with Gasteiger partial charge in [0.1, 0.15) is 0 Å². The van der Waals surface area contributed by atoms with Gasteiger partial charge in [0, 0.05) is 34.1 Å². The van der Waals surface area contributed by atoms with Crippen molar-refractivity contribution < 1.29 is 0 Å². The summed E-state index contributed by atoms with van der Waals surface area (Å²) in [6.45, 7) is 6.76. The van der Waals surface area contributed by atoms with E-state index in [1.807, 2.05) is 12.4 Å². The molecule has 2 aromatic heterocycles. The van der Waals surface area contributed by atoms with E-state index in [0.717, 1.165) is 11.2 Å². The van der Waals surface area contributed by atoms with Gasteiger partial charge in [-0.1, -0.05) is 49.7 Å². The second kappa shape index (κ2) is 4.41. The lowest BCUT2D eigenvalue weighted by Gasteiger charge is -2.35. The second-order valence-corrected chi connectivity index (χ2v) is 7.26. The summed E-state index contributed by atoms with van der Waals surface area (Å²) >= 11 is 0. The molecule has 1 aliphatic carbocycles.